The number of thiazole rings is 1. The smallest absolute Gasteiger partial charge is 0.252 e. The van der Waals surface area contributed by atoms with Crippen LogP contribution in [0.1, 0.15) is 12.5 Å². The second kappa shape index (κ2) is 7.34. The lowest BCUT2D eigenvalue weighted by Crippen LogP contribution is -2.16. The zero-order valence-corrected chi connectivity index (χ0v) is 16.7. The molecule has 2 aromatic carbocycles. The van der Waals surface area contributed by atoms with Gasteiger partial charge in [0.25, 0.3) is 5.91 Å². The maximum absolute atomic E-state index is 12.4. The molecule has 0 fully saturated rings. The molecule has 0 aliphatic heterocycles. The summed E-state index contributed by atoms with van der Waals surface area (Å²) < 4.78 is 25.9. The second-order valence-corrected chi connectivity index (χ2v) is 9.30. The summed E-state index contributed by atoms with van der Waals surface area (Å²) in [6, 6.07) is 11.9. The number of carbonyl (C=O) groups is 1. The SMILES string of the molecule is CCn1c(=NC(=O)Cc2ccc(S(C)(=O)=O)cc2)sc2cc(Cl)ccc21. The maximum atomic E-state index is 12.4. The highest BCUT2D eigenvalue weighted by molar-refractivity contribution is 7.90. The molecule has 0 bridgehead atoms. The molecule has 3 aromatic rings. The summed E-state index contributed by atoms with van der Waals surface area (Å²) in [7, 11) is -3.24. The van der Waals surface area contributed by atoms with Crippen molar-refractivity contribution in [3.63, 3.8) is 0 Å². The molecule has 0 spiro atoms. The summed E-state index contributed by atoms with van der Waals surface area (Å²) in [6.07, 6.45) is 1.27. The Morgan fingerprint density at radius 1 is 1.19 bits per heavy atom. The maximum Gasteiger partial charge on any atom is 0.252 e. The molecule has 136 valence electrons. The third-order valence-corrected chi connectivity index (χ3v) is 6.29. The molecule has 0 aliphatic rings. The van der Waals surface area contributed by atoms with E-state index >= 15 is 0 Å². The Bertz CT molecular complexity index is 1140. The molecule has 0 aliphatic carbocycles. The monoisotopic (exact) mass is 408 g/mol. The van der Waals surface area contributed by atoms with Crippen LogP contribution in [0.4, 0.5) is 0 Å². The van der Waals surface area contributed by atoms with E-state index in [-0.39, 0.29) is 17.2 Å². The second-order valence-electron chi connectivity index (χ2n) is 5.84. The quantitative estimate of drug-likeness (QED) is 0.663. The predicted molar refractivity (Wildman–Crippen MR) is 104 cm³/mol. The molecule has 0 saturated heterocycles. The summed E-state index contributed by atoms with van der Waals surface area (Å²) in [4.78, 5) is 17.5. The number of amides is 1. The Labute approximate surface area is 160 Å². The van der Waals surface area contributed by atoms with Crippen molar-refractivity contribution in [3.05, 3.63) is 57.9 Å². The van der Waals surface area contributed by atoms with Gasteiger partial charge in [-0.1, -0.05) is 35.1 Å². The molecule has 3 rings (SSSR count). The topological polar surface area (TPSA) is 68.5 Å². The van der Waals surface area contributed by atoms with Crippen LogP contribution in [0.25, 0.3) is 10.2 Å². The summed E-state index contributed by atoms with van der Waals surface area (Å²) in [5.74, 6) is -0.281. The number of fused-ring (bicyclic) bond motifs is 1. The lowest BCUT2D eigenvalue weighted by molar-refractivity contribution is -0.117. The van der Waals surface area contributed by atoms with Crippen LogP contribution in [0.15, 0.2) is 52.4 Å². The van der Waals surface area contributed by atoms with Crippen molar-refractivity contribution in [2.45, 2.75) is 24.8 Å². The Morgan fingerprint density at radius 2 is 1.88 bits per heavy atom. The van der Waals surface area contributed by atoms with E-state index in [4.69, 9.17) is 11.6 Å². The molecule has 0 N–H and O–H groups in total. The average molecular weight is 409 g/mol. The molecule has 5 nitrogen and oxygen atoms in total. The Morgan fingerprint density at radius 3 is 2.50 bits per heavy atom. The molecule has 8 heteroatoms. The van der Waals surface area contributed by atoms with Crippen molar-refractivity contribution in [1.82, 2.24) is 4.57 Å². The van der Waals surface area contributed by atoms with E-state index in [1.54, 1.807) is 12.1 Å². The van der Waals surface area contributed by atoms with Crippen LogP contribution in [-0.4, -0.2) is 25.1 Å². The van der Waals surface area contributed by atoms with E-state index < -0.39 is 9.84 Å². The van der Waals surface area contributed by atoms with E-state index in [1.165, 1.54) is 23.5 Å². The van der Waals surface area contributed by atoms with Crippen molar-refractivity contribution in [2.75, 3.05) is 6.26 Å². The van der Waals surface area contributed by atoms with Gasteiger partial charge in [-0.25, -0.2) is 8.42 Å². The van der Waals surface area contributed by atoms with Gasteiger partial charge in [-0.15, -0.1) is 0 Å². The number of hydrogen-bond acceptors (Lipinski definition) is 4. The van der Waals surface area contributed by atoms with Gasteiger partial charge < -0.3 is 4.57 Å². The predicted octanol–water partition coefficient (Wildman–Crippen LogP) is 3.45. The van der Waals surface area contributed by atoms with Crippen LogP contribution in [0.5, 0.6) is 0 Å². The zero-order valence-electron chi connectivity index (χ0n) is 14.3. The summed E-state index contributed by atoms with van der Waals surface area (Å²) in [5, 5.41) is 0.644. The largest absolute Gasteiger partial charge is 0.317 e. The Hall–Kier alpha value is -1.96. The number of benzene rings is 2. The van der Waals surface area contributed by atoms with Gasteiger partial charge in [-0.3, -0.25) is 4.79 Å². The minimum atomic E-state index is -3.24. The third-order valence-electron chi connectivity index (χ3n) is 3.89. The van der Waals surface area contributed by atoms with Gasteiger partial charge in [0, 0.05) is 17.8 Å². The van der Waals surface area contributed by atoms with Crippen molar-refractivity contribution in [1.29, 1.82) is 0 Å². The Kier molecular flexibility index (Phi) is 5.32. The zero-order chi connectivity index (χ0) is 18.9. The number of aryl methyl sites for hydroxylation is 1. The molecule has 1 aromatic heterocycles. The molecule has 0 atom stereocenters. The molecule has 1 heterocycles. The van der Waals surface area contributed by atoms with Crippen LogP contribution < -0.4 is 4.80 Å². The Balaban J connectivity index is 1.90. The van der Waals surface area contributed by atoms with Crippen molar-refractivity contribution < 1.29 is 13.2 Å². The standard InChI is InChI=1S/C18H17ClN2O3S2/c1-3-21-15-9-6-13(19)11-16(15)25-18(21)20-17(22)10-12-4-7-14(8-5-12)26(2,23)24/h4-9,11H,3,10H2,1-2H3. The molecule has 0 saturated carbocycles. The summed E-state index contributed by atoms with van der Waals surface area (Å²) in [5.41, 5.74) is 1.71. The van der Waals surface area contributed by atoms with Crippen molar-refractivity contribution in [3.8, 4) is 0 Å². The number of hydrogen-bond donors (Lipinski definition) is 0. The first-order chi connectivity index (χ1) is 12.3. The fourth-order valence-electron chi connectivity index (χ4n) is 2.61. The number of aromatic nitrogens is 1. The van der Waals surface area contributed by atoms with E-state index in [0.717, 1.165) is 22.0 Å². The fraction of sp³-hybridized carbons (Fsp3) is 0.222. The number of nitrogens with zero attached hydrogens (tertiary/aromatic N) is 2. The average Bonchev–Trinajstić information content (AvgIpc) is 2.90. The van der Waals surface area contributed by atoms with Gasteiger partial charge >= 0.3 is 0 Å². The van der Waals surface area contributed by atoms with Crippen LogP contribution in [0.2, 0.25) is 5.02 Å². The number of halogens is 1. The molecule has 0 radical (unpaired) electrons. The van der Waals surface area contributed by atoms with E-state index in [9.17, 15) is 13.2 Å². The van der Waals surface area contributed by atoms with E-state index in [0.29, 0.717) is 16.4 Å². The van der Waals surface area contributed by atoms with Gasteiger partial charge in [0.15, 0.2) is 14.6 Å². The summed E-state index contributed by atoms with van der Waals surface area (Å²) in [6.45, 7) is 2.69. The van der Waals surface area contributed by atoms with Crippen LogP contribution in [0, 0.1) is 0 Å². The van der Waals surface area contributed by atoms with E-state index in [1.807, 2.05) is 29.7 Å². The van der Waals surface area contributed by atoms with Crippen LogP contribution >= 0.6 is 22.9 Å². The number of sulfone groups is 1. The third kappa shape index (κ3) is 4.06. The lowest BCUT2D eigenvalue weighted by Gasteiger charge is -2.01. The van der Waals surface area contributed by atoms with E-state index in [2.05, 4.69) is 4.99 Å². The molecular formula is C18H17ClN2O3S2. The minimum absolute atomic E-state index is 0.114. The molecule has 1 amide bonds. The highest BCUT2D eigenvalue weighted by Gasteiger charge is 2.10. The van der Waals surface area contributed by atoms with Crippen LogP contribution in [0.3, 0.4) is 0 Å². The van der Waals surface area contributed by atoms with Gasteiger partial charge in [-0.2, -0.15) is 4.99 Å². The first-order valence-electron chi connectivity index (χ1n) is 7.93. The number of carbonyl (C=O) groups excluding carboxylic acids is 1. The normalized spacial score (nSPS) is 12.7. The van der Waals surface area contributed by atoms with Gasteiger partial charge in [0.2, 0.25) is 0 Å². The van der Waals surface area contributed by atoms with Gasteiger partial charge in [-0.05, 0) is 42.8 Å². The fourth-order valence-corrected chi connectivity index (χ4v) is 4.63. The summed E-state index contributed by atoms with van der Waals surface area (Å²) >= 11 is 7.46. The molecular weight excluding hydrogens is 392 g/mol. The van der Waals surface area contributed by atoms with Crippen LogP contribution in [-0.2, 0) is 27.6 Å². The van der Waals surface area contributed by atoms with Crippen molar-refractivity contribution >= 4 is 48.9 Å². The van der Waals surface area contributed by atoms with Gasteiger partial charge in [0.1, 0.15) is 0 Å². The highest BCUT2D eigenvalue weighted by Crippen LogP contribution is 2.21. The first kappa shape index (κ1) is 18.8. The highest BCUT2D eigenvalue weighted by atomic mass is 35.5. The molecule has 0 unspecified atom stereocenters. The number of rotatable bonds is 4. The lowest BCUT2D eigenvalue weighted by atomic mass is 10.1. The minimum Gasteiger partial charge on any atom is -0.317 e. The molecule has 26 heavy (non-hydrogen) atoms. The first-order valence-corrected chi connectivity index (χ1v) is 11.0. The van der Waals surface area contributed by atoms with Gasteiger partial charge in [0.05, 0.1) is 21.5 Å². The van der Waals surface area contributed by atoms with Crippen molar-refractivity contribution in [2.24, 2.45) is 4.99 Å².